The van der Waals surface area contributed by atoms with Crippen LogP contribution in [0, 0.1) is 6.92 Å². The lowest BCUT2D eigenvalue weighted by Gasteiger charge is -2.12. The Labute approximate surface area is 195 Å². The van der Waals surface area contributed by atoms with E-state index in [1.54, 1.807) is 17.7 Å². The van der Waals surface area contributed by atoms with Gasteiger partial charge in [-0.05, 0) is 73.7 Å². The summed E-state index contributed by atoms with van der Waals surface area (Å²) in [5.74, 6) is 0.843. The van der Waals surface area contributed by atoms with Gasteiger partial charge in [0.2, 0.25) is 0 Å². The van der Waals surface area contributed by atoms with E-state index in [2.05, 4.69) is 47.6 Å². The molecule has 4 rings (SSSR count). The first kappa shape index (κ1) is 22.6. The molecule has 0 aliphatic carbocycles. The number of aromatic nitrogens is 2. The summed E-state index contributed by atoms with van der Waals surface area (Å²) in [5.41, 5.74) is 5.72. The Bertz CT molecular complexity index is 1280. The summed E-state index contributed by atoms with van der Waals surface area (Å²) < 4.78 is 7.58. The van der Waals surface area contributed by atoms with Gasteiger partial charge in [-0.15, -0.1) is 0 Å². The van der Waals surface area contributed by atoms with E-state index in [4.69, 9.17) is 4.74 Å². The minimum absolute atomic E-state index is 0.00152. The van der Waals surface area contributed by atoms with Crippen LogP contribution in [0.25, 0.3) is 10.9 Å². The molecule has 0 aliphatic heterocycles. The van der Waals surface area contributed by atoms with E-state index in [0.29, 0.717) is 6.61 Å². The zero-order valence-electron chi connectivity index (χ0n) is 19.4. The highest BCUT2D eigenvalue weighted by molar-refractivity contribution is 5.80. The fourth-order valence-corrected chi connectivity index (χ4v) is 4.00. The van der Waals surface area contributed by atoms with Gasteiger partial charge in [-0.2, -0.15) is 0 Å². The minimum Gasteiger partial charge on any atom is -0.494 e. The first-order valence-electron chi connectivity index (χ1n) is 11.6. The smallest absolute Gasteiger partial charge is 0.250 e. The molecule has 0 unspecified atom stereocenters. The number of hydrogen-bond donors (Lipinski definition) is 1. The third kappa shape index (κ3) is 5.80. The van der Waals surface area contributed by atoms with Gasteiger partial charge in [0.1, 0.15) is 5.75 Å². The third-order valence-electron chi connectivity index (χ3n) is 6.01. The molecule has 170 valence electrons. The molecule has 2 aromatic heterocycles. The van der Waals surface area contributed by atoms with E-state index in [-0.39, 0.29) is 5.56 Å². The van der Waals surface area contributed by atoms with E-state index < -0.39 is 0 Å². The molecule has 0 saturated carbocycles. The van der Waals surface area contributed by atoms with E-state index in [9.17, 15) is 4.79 Å². The summed E-state index contributed by atoms with van der Waals surface area (Å²) in [6, 6.07) is 21.9. The van der Waals surface area contributed by atoms with Gasteiger partial charge in [0.05, 0.1) is 23.5 Å². The van der Waals surface area contributed by atoms with Crippen LogP contribution in [0.5, 0.6) is 5.75 Å². The molecule has 2 heterocycles. The van der Waals surface area contributed by atoms with Crippen LogP contribution in [0.1, 0.15) is 36.1 Å². The lowest BCUT2D eigenvalue weighted by atomic mass is 10.0. The summed E-state index contributed by atoms with van der Waals surface area (Å²) in [4.78, 5) is 16.4. The summed E-state index contributed by atoms with van der Waals surface area (Å²) in [6.45, 7) is 3.74. The number of anilines is 1. The van der Waals surface area contributed by atoms with Crippen molar-refractivity contribution in [2.24, 2.45) is 7.05 Å². The summed E-state index contributed by atoms with van der Waals surface area (Å²) >= 11 is 0. The third-order valence-corrected chi connectivity index (χ3v) is 6.01. The lowest BCUT2D eigenvalue weighted by molar-refractivity contribution is 0.306. The second kappa shape index (κ2) is 10.8. The van der Waals surface area contributed by atoms with Crippen molar-refractivity contribution >= 4 is 16.6 Å². The highest BCUT2D eigenvalue weighted by Gasteiger charge is 2.06. The monoisotopic (exact) mass is 441 g/mol. The Morgan fingerprint density at radius 2 is 1.85 bits per heavy atom. The van der Waals surface area contributed by atoms with Crippen LogP contribution in [0.3, 0.4) is 0 Å². The molecule has 0 atom stereocenters. The number of unbranched alkanes of at least 4 members (excludes halogenated alkanes) is 2. The van der Waals surface area contributed by atoms with Crippen molar-refractivity contribution in [1.82, 2.24) is 9.55 Å². The van der Waals surface area contributed by atoms with Crippen LogP contribution in [0.4, 0.5) is 5.69 Å². The first-order chi connectivity index (χ1) is 16.1. The zero-order valence-corrected chi connectivity index (χ0v) is 19.4. The van der Waals surface area contributed by atoms with Gasteiger partial charge in [0, 0.05) is 37.7 Å². The van der Waals surface area contributed by atoms with Crippen LogP contribution in [0.2, 0.25) is 0 Å². The van der Waals surface area contributed by atoms with E-state index in [1.807, 2.05) is 36.5 Å². The highest BCUT2D eigenvalue weighted by atomic mass is 16.5. The molecule has 33 heavy (non-hydrogen) atoms. The second-order valence-corrected chi connectivity index (χ2v) is 8.39. The van der Waals surface area contributed by atoms with Gasteiger partial charge in [-0.3, -0.25) is 9.78 Å². The van der Waals surface area contributed by atoms with E-state index in [1.165, 1.54) is 11.1 Å². The van der Waals surface area contributed by atoms with Crippen LogP contribution < -0.4 is 15.6 Å². The number of pyridine rings is 2. The molecule has 4 aromatic rings. The molecule has 0 amide bonds. The molecule has 0 saturated heterocycles. The number of ether oxygens (including phenoxy) is 1. The fraction of sp³-hybridized carbons (Fsp3) is 0.286. The Balaban J connectivity index is 1.21. The Morgan fingerprint density at radius 3 is 2.73 bits per heavy atom. The number of aryl methyl sites for hydroxylation is 2. The summed E-state index contributed by atoms with van der Waals surface area (Å²) in [7, 11) is 1.79. The molecule has 0 bridgehead atoms. The van der Waals surface area contributed by atoms with Crippen LogP contribution in [0.15, 0.2) is 77.7 Å². The van der Waals surface area contributed by atoms with Gasteiger partial charge in [-0.25, -0.2) is 0 Å². The molecular formula is C28H31N3O2. The van der Waals surface area contributed by atoms with Crippen molar-refractivity contribution in [3.63, 3.8) is 0 Å². The van der Waals surface area contributed by atoms with Gasteiger partial charge in [0.25, 0.3) is 5.56 Å². The molecule has 0 radical (unpaired) electrons. The second-order valence-electron chi connectivity index (χ2n) is 8.39. The molecule has 0 fully saturated rings. The molecule has 2 aromatic carbocycles. The van der Waals surface area contributed by atoms with Gasteiger partial charge in [0.15, 0.2) is 0 Å². The summed E-state index contributed by atoms with van der Waals surface area (Å²) in [5, 5.41) is 4.57. The Kier molecular flexibility index (Phi) is 7.40. The number of hydrogen-bond acceptors (Lipinski definition) is 4. The quantitative estimate of drug-likeness (QED) is 0.331. The Morgan fingerprint density at radius 1 is 0.970 bits per heavy atom. The number of nitrogens with zero attached hydrogens (tertiary/aromatic N) is 2. The molecule has 1 N–H and O–H groups in total. The number of nitrogens with one attached hydrogen (secondary N) is 1. The van der Waals surface area contributed by atoms with Crippen LogP contribution in [-0.4, -0.2) is 22.7 Å². The van der Waals surface area contributed by atoms with Crippen molar-refractivity contribution in [2.75, 3.05) is 18.5 Å². The number of rotatable bonds is 10. The molecule has 0 aliphatic rings. The van der Waals surface area contributed by atoms with Crippen molar-refractivity contribution in [1.29, 1.82) is 0 Å². The van der Waals surface area contributed by atoms with E-state index in [0.717, 1.165) is 60.3 Å². The Hall–Kier alpha value is -3.60. The predicted molar refractivity (Wildman–Crippen MR) is 135 cm³/mol. The fourth-order valence-electron chi connectivity index (χ4n) is 4.00. The lowest BCUT2D eigenvalue weighted by Crippen LogP contribution is -2.14. The largest absolute Gasteiger partial charge is 0.494 e. The van der Waals surface area contributed by atoms with Crippen molar-refractivity contribution in [3.8, 4) is 5.75 Å². The van der Waals surface area contributed by atoms with Gasteiger partial charge in [-0.1, -0.05) is 24.3 Å². The molecule has 0 spiro atoms. The molecule has 5 heteroatoms. The van der Waals surface area contributed by atoms with Crippen molar-refractivity contribution in [3.05, 3.63) is 100 Å². The topological polar surface area (TPSA) is 56.2 Å². The normalized spacial score (nSPS) is 11.0. The number of benzene rings is 2. The number of fused-ring (bicyclic) bond motifs is 1. The zero-order chi connectivity index (χ0) is 23.0. The van der Waals surface area contributed by atoms with Crippen LogP contribution in [-0.2, 0) is 13.5 Å². The maximum atomic E-state index is 11.7. The van der Waals surface area contributed by atoms with E-state index >= 15 is 0 Å². The predicted octanol–water partition coefficient (Wildman–Crippen LogP) is 5.49. The summed E-state index contributed by atoms with van der Waals surface area (Å²) in [6.07, 6.45) is 5.85. The first-order valence-corrected chi connectivity index (χ1v) is 11.6. The van der Waals surface area contributed by atoms with Gasteiger partial charge >= 0.3 is 0 Å². The SMILES string of the molecule is Cc1ccccc1Cc1ncccc1NCCCCCOc1ccc2c(ccc(=O)n2C)c1. The average molecular weight is 442 g/mol. The van der Waals surface area contributed by atoms with Crippen molar-refractivity contribution < 1.29 is 4.74 Å². The maximum Gasteiger partial charge on any atom is 0.250 e. The van der Waals surface area contributed by atoms with Gasteiger partial charge < -0.3 is 14.6 Å². The average Bonchev–Trinajstić information content (AvgIpc) is 2.83. The highest BCUT2D eigenvalue weighted by Crippen LogP contribution is 2.20. The maximum absolute atomic E-state index is 11.7. The standard InChI is InChI=1S/C28H31N3O2/c1-21-9-4-5-10-22(21)20-26-25(11-8-17-30-26)29-16-6-3-7-18-33-24-13-14-27-23(19-24)12-15-28(32)31(27)2/h4-5,8-15,17,19,29H,3,6-7,16,18,20H2,1-2H3. The van der Waals surface area contributed by atoms with Crippen molar-refractivity contribution in [2.45, 2.75) is 32.6 Å². The molecule has 5 nitrogen and oxygen atoms in total. The minimum atomic E-state index is -0.00152. The van der Waals surface area contributed by atoms with Crippen LogP contribution >= 0.6 is 0 Å². The molecular weight excluding hydrogens is 410 g/mol.